The predicted octanol–water partition coefficient (Wildman–Crippen LogP) is 4.05. The number of hydrogen-bond donors (Lipinski definition) is 1. The molecule has 36 heavy (non-hydrogen) atoms. The number of imide groups is 1. The van der Waals surface area contributed by atoms with Crippen LogP contribution in [0.1, 0.15) is 70.3 Å². The molecule has 4 fully saturated rings. The summed E-state index contributed by atoms with van der Waals surface area (Å²) in [6.45, 7) is 7.21. The lowest BCUT2D eigenvalue weighted by atomic mass is 9.68. The number of fused-ring (bicyclic) bond motifs is 6. The topological polar surface area (TPSA) is 73.0 Å². The number of rotatable bonds is 4. The Hall–Kier alpha value is -2.67. The highest BCUT2D eigenvalue weighted by atomic mass is 16.2. The van der Waals surface area contributed by atoms with Gasteiger partial charge in [0.1, 0.15) is 6.04 Å². The monoisotopic (exact) mass is 490 g/mol. The summed E-state index contributed by atoms with van der Waals surface area (Å²) < 4.78 is 0. The van der Waals surface area contributed by atoms with Gasteiger partial charge in [-0.3, -0.25) is 14.5 Å². The van der Waals surface area contributed by atoms with Crippen LogP contribution in [0, 0.1) is 11.8 Å². The van der Waals surface area contributed by atoms with Crippen molar-refractivity contribution in [2.75, 3.05) is 24.5 Å². The summed E-state index contributed by atoms with van der Waals surface area (Å²) in [5.41, 5.74) is 3.14. The Bertz CT molecular complexity index is 1080. The molecule has 2 bridgehead atoms. The number of carbonyl (C=O) groups is 3. The first-order chi connectivity index (χ1) is 17.4. The van der Waals surface area contributed by atoms with E-state index < -0.39 is 12.1 Å². The quantitative estimate of drug-likeness (QED) is 0.511. The molecule has 192 valence electrons. The number of likely N-dealkylation sites (tertiary alicyclic amines) is 1. The maximum absolute atomic E-state index is 13.6. The lowest BCUT2D eigenvalue weighted by molar-refractivity contribution is -0.138. The van der Waals surface area contributed by atoms with Gasteiger partial charge in [-0.15, -0.1) is 0 Å². The Balaban J connectivity index is 1.17. The van der Waals surface area contributed by atoms with Gasteiger partial charge in [0.25, 0.3) is 5.91 Å². The smallest absolute Gasteiger partial charge is 0.329 e. The number of hydrogen-bond acceptors (Lipinski definition) is 4. The van der Waals surface area contributed by atoms with Crippen LogP contribution in [0.25, 0.3) is 0 Å². The first-order valence-electron chi connectivity index (χ1n) is 13.9. The molecule has 0 aromatic heterocycles. The van der Waals surface area contributed by atoms with Gasteiger partial charge in [-0.2, -0.15) is 0 Å². The van der Waals surface area contributed by atoms with Crippen molar-refractivity contribution in [3.63, 3.8) is 0 Å². The Morgan fingerprint density at radius 3 is 2.67 bits per heavy atom. The number of amides is 4. The van der Waals surface area contributed by atoms with E-state index in [0.29, 0.717) is 29.5 Å². The van der Waals surface area contributed by atoms with E-state index in [1.165, 1.54) is 42.7 Å². The largest absolute Gasteiger partial charge is 0.336 e. The molecular formula is C29H38N4O3. The highest BCUT2D eigenvalue weighted by Crippen LogP contribution is 2.45. The summed E-state index contributed by atoms with van der Waals surface area (Å²) in [6.07, 6.45) is 9.66. The number of carbonyl (C=O) groups excluding carboxylic acids is 3. The Labute approximate surface area is 213 Å². The van der Waals surface area contributed by atoms with Gasteiger partial charge in [0.05, 0.1) is 18.2 Å². The van der Waals surface area contributed by atoms with E-state index in [2.05, 4.69) is 30.1 Å². The molecule has 5 aliphatic rings. The van der Waals surface area contributed by atoms with Gasteiger partial charge in [0.15, 0.2) is 0 Å². The molecule has 4 amide bonds. The molecular weight excluding hydrogens is 452 g/mol. The molecule has 7 heteroatoms. The third-order valence-electron chi connectivity index (χ3n) is 9.19. The molecule has 0 saturated carbocycles. The molecule has 1 aromatic carbocycles. The highest BCUT2D eigenvalue weighted by molar-refractivity contribution is 6.22. The fourth-order valence-electron chi connectivity index (χ4n) is 7.47. The molecule has 1 aromatic rings. The van der Waals surface area contributed by atoms with Crippen molar-refractivity contribution >= 4 is 23.5 Å². The number of nitrogens with zero attached hydrogens (tertiary/aromatic N) is 3. The predicted molar refractivity (Wildman–Crippen MR) is 139 cm³/mol. The lowest BCUT2D eigenvalue weighted by Gasteiger charge is -2.54. The zero-order chi connectivity index (χ0) is 25.0. The van der Waals surface area contributed by atoms with Crippen molar-refractivity contribution < 1.29 is 14.4 Å². The van der Waals surface area contributed by atoms with Gasteiger partial charge in [-0.05, 0) is 74.1 Å². The molecule has 6 rings (SSSR count). The van der Waals surface area contributed by atoms with Crippen LogP contribution in [0.3, 0.4) is 0 Å². The molecule has 1 N–H and O–H groups in total. The Morgan fingerprint density at radius 1 is 1.08 bits per heavy atom. The van der Waals surface area contributed by atoms with Gasteiger partial charge in [0.2, 0.25) is 5.91 Å². The summed E-state index contributed by atoms with van der Waals surface area (Å²) >= 11 is 0. The third kappa shape index (κ3) is 4.05. The molecule has 4 saturated heterocycles. The van der Waals surface area contributed by atoms with E-state index in [0.717, 1.165) is 31.5 Å². The summed E-state index contributed by atoms with van der Waals surface area (Å²) in [6, 6.07) is 7.11. The van der Waals surface area contributed by atoms with Crippen molar-refractivity contribution in [2.45, 2.75) is 82.8 Å². The Kier molecular flexibility index (Phi) is 6.14. The molecule has 1 aliphatic carbocycles. The fourth-order valence-corrected chi connectivity index (χ4v) is 7.47. The van der Waals surface area contributed by atoms with Crippen molar-refractivity contribution in [1.82, 2.24) is 15.1 Å². The zero-order valence-electron chi connectivity index (χ0n) is 21.5. The van der Waals surface area contributed by atoms with Gasteiger partial charge >= 0.3 is 6.03 Å². The second kappa shape index (κ2) is 9.33. The average molecular weight is 491 g/mol. The molecule has 7 nitrogen and oxygen atoms in total. The summed E-state index contributed by atoms with van der Waals surface area (Å²) in [7, 11) is 0. The number of anilines is 1. The summed E-state index contributed by atoms with van der Waals surface area (Å²) in [4.78, 5) is 45.5. The van der Waals surface area contributed by atoms with Crippen LogP contribution >= 0.6 is 0 Å². The molecule has 4 aliphatic heterocycles. The van der Waals surface area contributed by atoms with E-state index in [9.17, 15) is 14.4 Å². The normalized spacial score (nSPS) is 32.2. The first kappa shape index (κ1) is 23.7. The number of piperidine rings is 3. The van der Waals surface area contributed by atoms with E-state index in [1.807, 2.05) is 29.2 Å². The van der Waals surface area contributed by atoms with Gasteiger partial charge < -0.3 is 10.2 Å². The minimum absolute atomic E-state index is 0.0135. The number of nitrogens with one attached hydrogen (secondary N) is 1. The molecule has 0 radical (unpaired) electrons. The maximum atomic E-state index is 13.6. The second-order valence-corrected chi connectivity index (χ2v) is 11.7. The second-order valence-electron chi connectivity index (χ2n) is 11.7. The molecule has 0 spiro atoms. The van der Waals surface area contributed by atoms with Crippen molar-refractivity contribution in [3.8, 4) is 0 Å². The van der Waals surface area contributed by atoms with E-state index in [1.54, 1.807) is 0 Å². The van der Waals surface area contributed by atoms with Crippen LogP contribution in [0.15, 0.2) is 35.9 Å². The van der Waals surface area contributed by atoms with Crippen LogP contribution in [-0.2, 0) is 9.59 Å². The van der Waals surface area contributed by atoms with Crippen LogP contribution in [-0.4, -0.2) is 65.4 Å². The van der Waals surface area contributed by atoms with Gasteiger partial charge in [0, 0.05) is 19.1 Å². The standard InChI is InChI=1S/C29H38N4O3/c1-18(2)19-8-10-23(11-9-19)33-28(35)24(30-29(33)36)16-26(34)32-13-5-6-20-14-21-15-22(27(20)32)17-31-12-4-3-7-25(21)31/h8-11,14,18,21-22,24-25,27H,3-7,12-13,15-17H2,1-2H3,(H,30,36)/t21-,22-,24?,25?,27?/m1/s1. The van der Waals surface area contributed by atoms with Crippen LogP contribution in [0.2, 0.25) is 0 Å². The number of urea groups is 1. The lowest BCUT2D eigenvalue weighted by Crippen LogP contribution is -2.60. The molecule has 3 unspecified atom stereocenters. The van der Waals surface area contributed by atoms with Crippen LogP contribution < -0.4 is 10.2 Å². The van der Waals surface area contributed by atoms with Crippen LogP contribution in [0.5, 0.6) is 0 Å². The van der Waals surface area contributed by atoms with Crippen molar-refractivity contribution in [3.05, 3.63) is 41.5 Å². The molecule has 4 heterocycles. The van der Waals surface area contributed by atoms with Gasteiger partial charge in [-0.1, -0.05) is 44.1 Å². The fraction of sp³-hybridized carbons (Fsp3) is 0.621. The van der Waals surface area contributed by atoms with Crippen molar-refractivity contribution in [2.24, 2.45) is 11.8 Å². The average Bonchev–Trinajstić information content (AvgIpc) is 3.16. The van der Waals surface area contributed by atoms with E-state index in [4.69, 9.17) is 0 Å². The summed E-state index contributed by atoms with van der Waals surface area (Å²) in [5.74, 6) is 1.11. The maximum Gasteiger partial charge on any atom is 0.329 e. The van der Waals surface area contributed by atoms with Crippen molar-refractivity contribution in [1.29, 1.82) is 0 Å². The van der Waals surface area contributed by atoms with Gasteiger partial charge in [-0.25, -0.2) is 9.69 Å². The third-order valence-corrected chi connectivity index (χ3v) is 9.19. The molecule has 5 atom stereocenters. The highest BCUT2D eigenvalue weighted by Gasteiger charge is 2.48. The van der Waals surface area contributed by atoms with Crippen LogP contribution in [0.4, 0.5) is 10.5 Å². The zero-order valence-corrected chi connectivity index (χ0v) is 21.5. The van der Waals surface area contributed by atoms with E-state index in [-0.39, 0.29) is 24.3 Å². The first-order valence-corrected chi connectivity index (χ1v) is 13.9. The minimum atomic E-state index is -0.807. The number of benzene rings is 1. The van der Waals surface area contributed by atoms with E-state index >= 15 is 0 Å². The SMILES string of the molecule is CC(C)c1ccc(N2C(=O)NC(CC(=O)N3CCCC4=C[C@@H]5C[C@H](CN6CCCCC56)C43)C2=O)cc1. The summed E-state index contributed by atoms with van der Waals surface area (Å²) in [5, 5.41) is 2.78. The minimum Gasteiger partial charge on any atom is -0.336 e. The Morgan fingerprint density at radius 2 is 1.89 bits per heavy atom.